The fraction of sp³-hybridized carbons (Fsp3) is 0.560. The number of ether oxygens (including phenoxy) is 1. The van der Waals surface area contributed by atoms with Crippen molar-refractivity contribution in [1.82, 2.24) is 25.1 Å². The van der Waals surface area contributed by atoms with Crippen LogP contribution in [0.3, 0.4) is 0 Å². The zero-order chi connectivity index (χ0) is 24.2. The van der Waals surface area contributed by atoms with E-state index in [2.05, 4.69) is 37.5 Å². The molecule has 184 valence electrons. The molecule has 0 bridgehead atoms. The number of hydrogen-bond acceptors (Lipinski definition) is 7. The molecule has 0 spiro atoms. The van der Waals surface area contributed by atoms with Gasteiger partial charge in [-0.15, -0.1) is 0 Å². The third-order valence-corrected chi connectivity index (χ3v) is 6.96. The van der Waals surface area contributed by atoms with Crippen LogP contribution in [0.15, 0.2) is 30.6 Å². The fourth-order valence-electron chi connectivity index (χ4n) is 4.74. The minimum Gasteiger partial charge on any atom is -0.465 e. The van der Waals surface area contributed by atoms with Crippen LogP contribution in [0, 0.1) is 13.8 Å². The molecule has 34 heavy (non-hydrogen) atoms. The standard InChI is InChI=1S/C25H35N5O4/c1-4-34-24(32)17-27-9-11-28(12-10-27)23(31)7-8-29-13-14-30-22(25(29)33)16-21(26-30)20-6-5-18(2)19(3)15-20/h5-6,13-15,21-22,26H,4,7-12,16-17H2,1-3H3. The van der Waals surface area contributed by atoms with Gasteiger partial charge >= 0.3 is 5.97 Å². The number of esters is 1. The van der Waals surface area contributed by atoms with Crippen LogP contribution in [0.5, 0.6) is 0 Å². The average molecular weight is 470 g/mol. The monoisotopic (exact) mass is 469 g/mol. The molecule has 2 amide bonds. The molecule has 0 radical (unpaired) electrons. The molecule has 9 heteroatoms. The number of hydrogen-bond donors (Lipinski definition) is 1. The first-order valence-corrected chi connectivity index (χ1v) is 12.1. The maximum Gasteiger partial charge on any atom is 0.320 e. The van der Waals surface area contributed by atoms with E-state index in [1.165, 1.54) is 16.7 Å². The number of amides is 2. The first-order valence-electron chi connectivity index (χ1n) is 12.1. The molecule has 1 aromatic carbocycles. The van der Waals surface area contributed by atoms with E-state index in [1.54, 1.807) is 18.0 Å². The van der Waals surface area contributed by atoms with E-state index in [0.717, 1.165) is 0 Å². The van der Waals surface area contributed by atoms with Crippen LogP contribution >= 0.6 is 0 Å². The van der Waals surface area contributed by atoms with E-state index in [-0.39, 0.29) is 42.8 Å². The summed E-state index contributed by atoms with van der Waals surface area (Å²) in [6, 6.07) is 6.25. The normalized spacial score (nSPS) is 22.8. The Balaban J connectivity index is 1.25. The number of piperazine rings is 1. The van der Waals surface area contributed by atoms with Crippen molar-refractivity contribution in [2.24, 2.45) is 0 Å². The average Bonchev–Trinajstić information content (AvgIpc) is 3.26. The lowest BCUT2D eigenvalue weighted by Gasteiger charge is -2.35. The number of fused-ring (bicyclic) bond motifs is 1. The summed E-state index contributed by atoms with van der Waals surface area (Å²) in [6.45, 7) is 9.46. The number of nitrogens with one attached hydrogen (secondary N) is 1. The lowest BCUT2D eigenvalue weighted by molar-refractivity contribution is -0.145. The molecule has 3 heterocycles. The topological polar surface area (TPSA) is 85.4 Å². The minimum atomic E-state index is -0.266. The zero-order valence-electron chi connectivity index (χ0n) is 20.3. The molecule has 0 saturated carbocycles. The van der Waals surface area contributed by atoms with Crippen molar-refractivity contribution in [3.05, 3.63) is 47.3 Å². The lowest BCUT2D eigenvalue weighted by Crippen LogP contribution is -2.51. The molecule has 3 aliphatic heterocycles. The van der Waals surface area contributed by atoms with E-state index in [1.807, 2.05) is 21.0 Å². The van der Waals surface area contributed by atoms with Gasteiger partial charge in [-0.05, 0) is 43.9 Å². The molecule has 2 fully saturated rings. The fourth-order valence-corrected chi connectivity index (χ4v) is 4.74. The van der Waals surface area contributed by atoms with Gasteiger partial charge in [-0.2, -0.15) is 0 Å². The highest BCUT2D eigenvalue weighted by molar-refractivity contribution is 5.85. The molecule has 2 atom stereocenters. The summed E-state index contributed by atoms with van der Waals surface area (Å²) >= 11 is 0. The van der Waals surface area contributed by atoms with Crippen molar-refractivity contribution in [2.75, 3.05) is 45.9 Å². The van der Waals surface area contributed by atoms with E-state index < -0.39 is 0 Å². The predicted octanol–water partition coefficient (Wildman–Crippen LogP) is 1.33. The number of rotatable bonds is 7. The second-order valence-electron chi connectivity index (χ2n) is 9.23. The summed E-state index contributed by atoms with van der Waals surface area (Å²) in [5, 5.41) is 1.89. The first-order chi connectivity index (χ1) is 16.4. The second kappa shape index (κ2) is 10.6. The third-order valence-electron chi connectivity index (χ3n) is 6.96. The highest BCUT2D eigenvalue weighted by Crippen LogP contribution is 2.31. The van der Waals surface area contributed by atoms with Gasteiger partial charge in [-0.25, -0.2) is 5.43 Å². The first kappa shape index (κ1) is 24.2. The lowest BCUT2D eigenvalue weighted by atomic mass is 9.97. The van der Waals surface area contributed by atoms with Gasteiger partial charge in [0, 0.05) is 51.5 Å². The molecule has 2 unspecified atom stereocenters. The summed E-state index contributed by atoms with van der Waals surface area (Å²) in [6.07, 6.45) is 4.64. The van der Waals surface area contributed by atoms with Gasteiger partial charge < -0.3 is 19.5 Å². The molecule has 2 saturated heterocycles. The number of nitrogens with zero attached hydrogens (tertiary/aromatic N) is 4. The van der Waals surface area contributed by atoms with E-state index in [9.17, 15) is 14.4 Å². The highest BCUT2D eigenvalue weighted by Gasteiger charge is 2.40. The Morgan fingerprint density at radius 1 is 1.09 bits per heavy atom. The van der Waals surface area contributed by atoms with Crippen LogP contribution in [0.2, 0.25) is 0 Å². The summed E-state index contributed by atoms with van der Waals surface area (Å²) in [5.41, 5.74) is 7.12. The smallest absolute Gasteiger partial charge is 0.320 e. The zero-order valence-corrected chi connectivity index (χ0v) is 20.3. The molecule has 4 rings (SSSR count). The van der Waals surface area contributed by atoms with Crippen LogP contribution in [0.25, 0.3) is 0 Å². The van der Waals surface area contributed by atoms with Crippen LogP contribution in [0.1, 0.15) is 42.5 Å². The van der Waals surface area contributed by atoms with E-state index in [4.69, 9.17) is 4.74 Å². The molecule has 9 nitrogen and oxygen atoms in total. The highest BCUT2D eigenvalue weighted by atomic mass is 16.5. The summed E-state index contributed by atoms with van der Waals surface area (Å²) in [5.74, 6) is -0.168. The molecule has 1 aromatic rings. The molecule has 0 aliphatic carbocycles. The number of hydrazine groups is 1. The summed E-state index contributed by atoms with van der Waals surface area (Å²) < 4.78 is 4.99. The Bertz CT molecular complexity index is 957. The van der Waals surface area contributed by atoms with E-state index >= 15 is 0 Å². The molecule has 3 aliphatic rings. The maximum atomic E-state index is 13.1. The van der Waals surface area contributed by atoms with Gasteiger partial charge in [0.25, 0.3) is 5.91 Å². The van der Waals surface area contributed by atoms with Gasteiger partial charge in [-0.3, -0.25) is 19.3 Å². The second-order valence-corrected chi connectivity index (χ2v) is 9.23. The van der Waals surface area contributed by atoms with Gasteiger partial charge in [0.1, 0.15) is 6.04 Å². The van der Waals surface area contributed by atoms with Crippen molar-refractivity contribution < 1.29 is 19.1 Å². The van der Waals surface area contributed by atoms with Crippen LogP contribution < -0.4 is 5.43 Å². The van der Waals surface area contributed by atoms with Gasteiger partial charge in [0.05, 0.1) is 19.2 Å². The quantitative estimate of drug-likeness (QED) is 0.603. The Hall–Kier alpha value is -2.91. The van der Waals surface area contributed by atoms with Crippen molar-refractivity contribution in [3.8, 4) is 0 Å². The van der Waals surface area contributed by atoms with Crippen molar-refractivity contribution >= 4 is 17.8 Å². The van der Waals surface area contributed by atoms with Crippen molar-refractivity contribution in [1.29, 1.82) is 0 Å². The largest absolute Gasteiger partial charge is 0.465 e. The van der Waals surface area contributed by atoms with Gasteiger partial charge in [0.15, 0.2) is 0 Å². The number of benzene rings is 1. The van der Waals surface area contributed by atoms with Crippen LogP contribution in [0.4, 0.5) is 0 Å². The van der Waals surface area contributed by atoms with Crippen molar-refractivity contribution in [2.45, 2.75) is 45.7 Å². The molecule has 1 N–H and O–H groups in total. The summed E-state index contributed by atoms with van der Waals surface area (Å²) in [7, 11) is 0. The predicted molar refractivity (Wildman–Crippen MR) is 127 cm³/mol. The SMILES string of the molecule is CCOC(=O)CN1CCN(C(=O)CCN2C=CN3NC(c4ccc(C)c(C)c4)CC3C2=O)CC1. The minimum absolute atomic E-state index is 0.0217. The maximum absolute atomic E-state index is 13.1. The van der Waals surface area contributed by atoms with Crippen LogP contribution in [-0.4, -0.2) is 89.4 Å². The van der Waals surface area contributed by atoms with Gasteiger partial charge in [-0.1, -0.05) is 18.2 Å². The molecule has 0 aromatic heterocycles. The van der Waals surface area contributed by atoms with Crippen LogP contribution in [-0.2, 0) is 19.1 Å². The third kappa shape index (κ3) is 5.42. The number of carbonyl (C=O) groups excluding carboxylic acids is 3. The van der Waals surface area contributed by atoms with Gasteiger partial charge in [0.2, 0.25) is 5.91 Å². The van der Waals surface area contributed by atoms with Crippen molar-refractivity contribution in [3.63, 3.8) is 0 Å². The summed E-state index contributed by atoms with van der Waals surface area (Å²) in [4.78, 5) is 43.0. The Kier molecular flexibility index (Phi) is 7.53. The Morgan fingerprint density at radius 2 is 1.85 bits per heavy atom. The Morgan fingerprint density at radius 3 is 2.56 bits per heavy atom. The number of aryl methyl sites for hydroxylation is 2. The van der Waals surface area contributed by atoms with E-state index in [0.29, 0.717) is 45.8 Å². The Labute approximate surface area is 201 Å². The number of carbonyl (C=O) groups is 3. The molecular weight excluding hydrogens is 434 g/mol. The molecular formula is C25H35N5O4.